The number of amides is 1. The summed E-state index contributed by atoms with van der Waals surface area (Å²) < 4.78 is 46.3. The molecule has 21 heavy (non-hydrogen) atoms. The van der Waals surface area contributed by atoms with E-state index in [-0.39, 0.29) is 0 Å². The molecule has 0 radical (unpaired) electrons. The van der Waals surface area contributed by atoms with E-state index in [1.807, 2.05) is 0 Å². The number of carbonyl (C=O) groups is 1. The molecule has 3 N–H and O–H groups in total. The Morgan fingerprint density at radius 1 is 1.38 bits per heavy atom. The second-order valence-electron chi connectivity index (χ2n) is 4.17. The molecule has 8 heteroatoms. The van der Waals surface area contributed by atoms with E-state index in [2.05, 4.69) is 0 Å². The van der Waals surface area contributed by atoms with Crippen LogP contribution in [0.3, 0.4) is 0 Å². The number of rotatable bonds is 7. The Hall–Kier alpha value is -1.96. The highest BCUT2D eigenvalue weighted by atomic mass is 19.4. The molecule has 0 saturated carbocycles. The third-order valence-electron chi connectivity index (χ3n) is 2.53. The van der Waals surface area contributed by atoms with Crippen molar-refractivity contribution in [2.24, 2.45) is 5.73 Å². The Balaban J connectivity index is 2.67. The van der Waals surface area contributed by atoms with Crippen LogP contribution in [-0.2, 0) is 11.2 Å². The molecular weight excluding hydrogens is 289 g/mol. The maximum atomic E-state index is 12.0. The average molecular weight is 306 g/mol. The molecule has 0 atom stereocenters. The zero-order valence-electron chi connectivity index (χ0n) is 11.5. The van der Waals surface area contributed by atoms with Crippen molar-refractivity contribution in [2.75, 3.05) is 26.8 Å². The summed E-state index contributed by atoms with van der Waals surface area (Å²) in [7, 11) is 1.43. The lowest BCUT2D eigenvalue weighted by molar-refractivity contribution is -0.139. The van der Waals surface area contributed by atoms with Gasteiger partial charge in [-0.1, -0.05) is 12.1 Å². The minimum atomic E-state index is -4.45. The lowest BCUT2D eigenvalue weighted by Gasteiger charge is -2.15. The second kappa shape index (κ2) is 7.72. The van der Waals surface area contributed by atoms with Crippen LogP contribution in [0.1, 0.15) is 5.56 Å². The maximum absolute atomic E-state index is 12.0. The summed E-state index contributed by atoms with van der Waals surface area (Å²) in [5.41, 5.74) is 6.19. The number of benzene rings is 1. The van der Waals surface area contributed by atoms with Crippen LogP contribution in [0.2, 0.25) is 0 Å². The van der Waals surface area contributed by atoms with Crippen molar-refractivity contribution < 1.29 is 27.4 Å². The first-order chi connectivity index (χ1) is 9.87. The number of nitrogens with two attached hydrogens (primary N) is 1. The van der Waals surface area contributed by atoms with Gasteiger partial charge < -0.3 is 20.5 Å². The van der Waals surface area contributed by atoms with Gasteiger partial charge in [0.05, 0.1) is 7.11 Å². The topological polar surface area (TPSA) is 73.6 Å². The fourth-order valence-electron chi connectivity index (χ4n) is 1.63. The number of para-hydroxylation sites is 1. The highest BCUT2D eigenvalue weighted by Crippen LogP contribution is 2.31. The molecule has 0 aliphatic carbocycles. The molecule has 0 spiro atoms. The van der Waals surface area contributed by atoms with E-state index in [0.29, 0.717) is 24.5 Å². The Bertz CT molecular complexity index is 478. The van der Waals surface area contributed by atoms with Crippen LogP contribution in [0.25, 0.3) is 0 Å². The number of methoxy groups -OCH3 is 1. The smallest absolute Gasteiger partial charge is 0.405 e. The van der Waals surface area contributed by atoms with Gasteiger partial charge in [-0.2, -0.15) is 13.2 Å². The summed E-state index contributed by atoms with van der Waals surface area (Å²) in [6.45, 7) is -1.56. The summed E-state index contributed by atoms with van der Waals surface area (Å²) in [4.78, 5) is 11.3. The molecule has 1 aromatic carbocycles. The molecule has 118 valence electrons. The van der Waals surface area contributed by atoms with E-state index in [1.54, 1.807) is 23.5 Å². The number of alkyl halides is 3. The Morgan fingerprint density at radius 3 is 2.67 bits per heavy atom. The third-order valence-corrected chi connectivity index (χ3v) is 2.53. The van der Waals surface area contributed by atoms with Gasteiger partial charge in [0.2, 0.25) is 0 Å². The quantitative estimate of drug-likeness (QED) is 0.795. The zero-order chi connectivity index (χ0) is 15.9. The van der Waals surface area contributed by atoms with E-state index >= 15 is 0 Å². The van der Waals surface area contributed by atoms with Gasteiger partial charge in [-0.05, 0) is 24.6 Å². The van der Waals surface area contributed by atoms with Gasteiger partial charge in [0.15, 0.2) is 18.1 Å². The number of carbonyl (C=O) groups excluding carboxylic acids is 1. The van der Waals surface area contributed by atoms with E-state index in [9.17, 15) is 18.0 Å². The monoisotopic (exact) mass is 306 g/mol. The van der Waals surface area contributed by atoms with Crippen molar-refractivity contribution in [3.63, 3.8) is 0 Å². The minimum Gasteiger partial charge on any atom is -0.493 e. The first-order valence-corrected chi connectivity index (χ1v) is 6.19. The molecule has 0 aliphatic heterocycles. The summed E-state index contributed by atoms with van der Waals surface area (Å²) >= 11 is 0. The van der Waals surface area contributed by atoms with Crippen molar-refractivity contribution in [1.29, 1.82) is 0 Å². The van der Waals surface area contributed by atoms with Gasteiger partial charge in [0.25, 0.3) is 5.91 Å². The molecular formula is C13H17F3N2O3. The molecule has 1 aromatic rings. The molecule has 0 fully saturated rings. The highest BCUT2D eigenvalue weighted by Gasteiger charge is 2.27. The van der Waals surface area contributed by atoms with Crippen LogP contribution in [0, 0.1) is 0 Å². The van der Waals surface area contributed by atoms with Crippen molar-refractivity contribution >= 4 is 5.91 Å². The van der Waals surface area contributed by atoms with Gasteiger partial charge in [-0.3, -0.25) is 4.79 Å². The third kappa shape index (κ3) is 5.90. The number of ether oxygens (including phenoxy) is 2. The molecule has 0 aliphatic rings. The van der Waals surface area contributed by atoms with Gasteiger partial charge in [0, 0.05) is 0 Å². The molecule has 5 nitrogen and oxygen atoms in total. The van der Waals surface area contributed by atoms with Crippen LogP contribution < -0.4 is 20.5 Å². The van der Waals surface area contributed by atoms with E-state index < -0.39 is 25.2 Å². The molecule has 0 saturated heterocycles. The van der Waals surface area contributed by atoms with Crippen molar-refractivity contribution in [2.45, 2.75) is 12.6 Å². The summed E-state index contributed by atoms with van der Waals surface area (Å²) in [6, 6.07) is 5.11. The zero-order valence-corrected chi connectivity index (χ0v) is 11.5. The maximum Gasteiger partial charge on any atom is 0.405 e. The molecule has 1 rings (SSSR count). The average Bonchev–Trinajstić information content (AvgIpc) is 2.43. The van der Waals surface area contributed by atoms with Gasteiger partial charge in [0.1, 0.15) is 6.54 Å². The van der Waals surface area contributed by atoms with Crippen LogP contribution in [0.5, 0.6) is 11.5 Å². The molecule has 0 aromatic heterocycles. The van der Waals surface area contributed by atoms with Crippen LogP contribution in [0.15, 0.2) is 18.2 Å². The van der Waals surface area contributed by atoms with Gasteiger partial charge in [-0.25, -0.2) is 0 Å². The van der Waals surface area contributed by atoms with Crippen LogP contribution >= 0.6 is 0 Å². The highest BCUT2D eigenvalue weighted by molar-refractivity contribution is 5.77. The fraction of sp³-hybridized carbons (Fsp3) is 0.462. The largest absolute Gasteiger partial charge is 0.493 e. The molecule has 0 heterocycles. The first kappa shape index (κ1) is 17.1. The summed E-state index contributed by atoms with van der Waals surface area (Å²) in [5.74, 6) is -0.158. The summed E-state index contributed by atoms with van der Waals surface area (Å²) in [5, 5.41) is 1.73. The van der Waals surface area contributed by atoms with Crippen molar-refractivity contribution in [1.82, 2.24) is 5.32 Å². The molecule has 0 bridgehead atoms. The standard InChI is InChI=1S/C13H17F3N2O3/c1-20-10-4-2-3-9(5-6-17)12(10)21-7-11(19)18-8-13(14,15)16/h2-4H,5-8,17H2,1H3,(H,18,19). The predicted octanol–water partition coefficient (Wildman–Crippen LogP) is 1.25. The molecule has 1 amide bonds. The lowest BCUT2D eigenvalue weighted by atomic mass is 10.1. The van der Waals surface area contributed by atoms with E-state index in [0.717, 1.165) is 5.56 Å². The summed E-state index contributed by atoms with van der Waals surface area (Å²) in [6.07, 6.45) is -3.96. The predicted molar refractivity (Wildman–Crippen MR) is 70.3 cm³/mol. The van der Waals surface area contributed by atoms with Crippen LogP contribution in [0.4, 0.5) is 13.2 Å². The normalized spacial score (nSPS) is 11.1. The van der Waals surface area contributed by atoms with Crippen molar-refractivity contribution in [3.8, 4) is 11.5 Å². The fourth-order valence-corrected chi connectivity index (χ4v) is 1.63. The Kier molecular flexibility index (Phi) is 6.29. The first-order valence-electron chi connectivity index (χ1n) is 6.19. The minimum absolute atomic E-state index is 0.313. The van der Waals surface area contributed by atoms with Gasteiger partial charge >= 0.3 is 6.18 Å². The number of nitrogens with one attached hydrogen (secondary N) is 1. The van der Waals surface area contributed by atoms with Crippen LogP contribution in [-0.4, -0.2) is 38.9 Å². The van der Waals surface area contributed by atoms with Crippen molar-refractivity contribution in [3.05, 3.63) is 23.8 Å². The number of hydrogen-bond acceptors (Lipinski definition) is 4. The van der Waals surface area contributed by atoms with E-state index in [4.69, 9.17) is 15.2 Å². The van der Waals surface area contributed by atoms with E-state index in [1.165, 1.54) is 7.11 Å². The molecule has 0 unspecified atom stereocenters. The SMILES string of the molecule is COc1cccc(CCN)c1OCC(=O)NCC(F)(F)F. The lowest BCUT2D eigenvalue weighted by Crippen LogP contribution is -2.36. The van der Waals surface area contributed by atoms with Gasteiger partial charge in [-0.15, -0.1) is 0 Å². The Morgan fingerprint density at radius 2 is 2.10 bits per heavy atom. The number of halogens is 3. The second-order valence-corrected chi connectivity index (χ2v) is 4.17. The Labute approximate surface area is 120 Å². The number of hydrogen-bond donors (Lipinski definition) is 2.